The van der Waals surface area contributed by atoms with Crippen LogP contribution < -0.4 is 5.32 Å². The molecule has 1 amide bonds. The number of hydrogen-bond donors (Lipinski definition) is 1. The molecular weight excluding hydrogens is 230 g/mol. The third-order valence-corrected chi connectivity index (χ3v) is 2.10. The van der Waals surface area contributed by atoms with Crippen LogP contribution in [0.5, 0.6) is 0 Å². The number of alkyl halides is 1. The Bertz CT molecular complexity index is 292. The van der Waals surface area contributed by atoms with Gasteiger partial charge < -0.3 is 5.32 Å². The van der Waals surface area contributed by atoms with Gasteiger partial charge in [0.25, 0.3) is 0 Å². The molecule has 0 fully saturated rings. The summed E-state index contributed by atoms with van der Waals surface area (Å²) in [6.07, 6.45) is 0. The van der Waals surface area contributed by atoms with Crippen molar-refractivity contribution in [3.8, 4) is 0 Å². The van der Waals surface area contributed by atoms with Crippen LogP contribution in [0.25, 0.3) is 0 Å². The molecule has 0 spiro atoms. The first-order valence-electron chi connectivity index (χ1n) is 4.11. The van der Waals surface area contributed by atoms with Gasteiger partial charge in [-0.15, -0.1) is 0 Å². The first kappa shape index (κ1) is 10.3. The van der Waals surface area contributed by atoms with Crippen LogP contribution in [0.15, 0.2) is 24.3 Å². The molecule has 1 aromatic rings. The molecule has 0 saturated heterocycles. The van der Waals surface area contributed by atoms with Crippen molar-refractivity contribution in [2.75, 3.05) is 5.32 Å². The van der Waals surface area contributed by atoms with E-state index < -0.39 is 0 Å². The quantitative estimate of drug-likeness (QED) is 0.793. The molecule has 70 valence electrons. The fourth-order valence-corrected chi connectivity index (χ4v) is 0.993. The third kappa shape index (κ3) is 3.19. The Morgan fingerprint density at radius 2 is 1.92 bits per heavy atom. The van der Waals surface area contributed by atoms with E-state index in [-0.39, 0.29) is 10.7 Å². The standard InChI is InChI=1S/C10H12BrNO/c1-7-3-5-9(6-4-7)12-10(13)8(2)11/h3-6,8H,1-2H3,(H,12,13). The maximum Gasteiger partial charge on any atom is 0.237 e. The lowest BCUT2D eigenvalue weighted by Crippen LogP contribution is -2.19. The Kier molecular flexibility index (Phi) is 3.48. The van der Waals surface area contributed by atoms with Gasteiger partial charge in [0, 0.05) is 5.69 Å². The van der Waals surface area contributed by atoms with Crippen LogP contribution in [0.4, 0.5) is 5.69 Å². The Labute approximate surface area is 86.5 Å². The second kappa shape index (κ2) is 4.42. The summed E-state index contributed by atoms with van der Waals surface area (Å²) in [6.45, 7) is 3.81. The molecule has 0 aliphatic carbocycles. The lowest BCUT2D eigenvalue weighted by Gasteiger charge is -2.06. The summed E-state index contributed by atoms with van der Waals surface area (Å²) in [6, 6.07) is 7.72. The molecule has 1 unspecified atom stereocenters. The summed E-state index contributed by atoms with van der Waals surface area (Å²) in [5.74, 6) is -0.0242. The number of halogens is 1. The Hall–Kier alpha value is -0.830. The summed E-state index contributed by atoms with van der Waals surface area (Å²) < 4.78 is 0. The van der Waals surface area contributed by atoms with E-state index in [0.717, 1.165) is 5.69 Å². The average Bonchev–Trinajstić information content (AvgIpc) is 2.08. The predicted octanol–water partition coefficient (Wildman–Crippen LogP) is 2.72. The molecule has 0 saturated carbocycles. The number of benzene rings is 1. The summed E-state index contributed by atoms with van der Waals surface area (Å²) >= 11 is 3.20. The number of nitrogens with one attached hydrogen (secondary N) is 1. The van der Waals surface area contributed by atoms with Gasteiger partial charge in [-0.2, -0.15) is 0 Å². The number of amides is 1. The van der Waals surface area contributed by atoms with Crippen LogP contribution in [-0.2, 0) is 4.79 Å². The van der Waals surface area contributed by atoms with Gasteiger partial charge in [-0.1, -0.05) is 33.6 Å². The monoisotopic (exact) mass is 241 g/mol. The highest BCUT2D eigenvalue weighted by Crippen LogP contribution is 2.10. The molecule has 0 aliphatic heterocycles. The molecule has 1 aromatic carbocycles. The van der Waals surface area contributed by atoms with Crippen molar-refractivity contribution < 1.29 is 4.79 Å². The summed E-state index contributed by atoms with van der Waals surface area (Å²) in [7, 11) is 0. The SMILES string of the molecule is Cc1ccc(NC(=O)C(C)Br)cc1. The summed E-state index contributed by atoms with van der Waals surface area (Å²) in [5.41, 5.74) is 2.02. The molecule has 1 rings (SSSR count). The van der Waals surface area contributed by atoms with Crippen LogP contribution in [0.1, 0.15) is 12.5 Å². The van der Waals surface area contributed by atoms with Crippen molar-refractivity contribution in [3.05, 3.63) is 29.8 Å². The number of aryl methyl sites for hydroxylation is 1. The topological polar surface area (TPSA) is 29.1 Å². The largest absolute Gasteiger partial charge is 0.325 e. The molecule has 0 aliphatic rings. The Balaban J connectivity index is 2.65. The first-order chi connectivity index (χ1) is 6.09. The average molecular weight is 242 g/mol. The van der Waals surface area contributed by atoms with Crippen molar-refractivity contribution in [2.24, 2.45) is 0 Å². The van der Waals surface area contributed by atoms with Crippen molar-refractivity contribution in [1.29, 1.82) is 0 Å². The van der Waals surface area contributed by atoms with Crippen LogP contribution in [-0.4, -0.2) is 10.7 Å². The van der Waals surface area contributed by atoms with Gasteiger partial charge in [0.2, 0.25) is 5.91 Å². The molecule has 13 heavy (non-hydrogen) atoms. The fourth-order valence-electron chi connectivity index (χ4n) is 0.879. The summed E-state index contributed by atoms with van der Waals surface area (Å²) in [4.78, 5) is 11.1. The third-order valence-electron chi connectivity index (χ3n) is 1.68. The minimum atomic E-state index is -0.159. The first-order valence-corrected chi connectivity index (χ1v) is 5.03. The van der Waals surface area contributed by atoms with E-state index in [1.165, 1.54) is 5.56 Å². The van der Waals surface area contributed by atoms with Crippen LogP contribution in [0.3, 0.4) is 0 Å². The van der Waals surface area contributed by atoms with Crippen molar-refractivity contribution in [2.45, 2.75) is 18.7 Å². The lowest BCUT2D eigenvalue weighted by molar-refractivity contribution is -0.115. The Morgan fingerprint density at radius 1 is 1.38 bits per heavy atom. The highest BCUT2D eigenvalue weighted by atomic mass is 79.9. The molecular formula is C10H12BrNO. The van der Waals surface area contributed by atoms with Crippen molar-refractivity contribution >= 4 is 27.5 Å². The van der Waals surface area contributed by atoms with Crippen molar-refractivity contribution in [3.63, 3.8) is 0 Å². The van der Waals surface area contributed by atoms with Gasteiger partial charge in [-0.3, -0.25) is 4.79 Å². The van der Waals surface area contributed by atoms with Gasteiger partial charge in [-0.25, -0.2) is 0 Å². The minimum absolute atomic E-state index is 0.0242. The molecule has 1 N–H and O–H groups in total. The molecule has 0 radical (unpaired) electrons. The molecule has 1 atom stereocenters. The van der Waals surface area contributed by atoms with E-state index in [2.05, 4.69) is 21.2 Å². The zero-order chi connectivity index (χ0) is 9.84. The Morgan fingerprint density at radius 3 is 2.38 bits per heavy atom. The minimum Gasteiger partial charge on any atom is -0.325 e. The summed E-state index contributed by atoms with van der Waals surface area (Å²) in [5, 5.41) is 2.78. The van der Waals surface area contributed by atoms with Crippen LogP contribution >= 0.6 is 15.9 Å². The molecule has 3 heteroatoms. The molecule has 0 aromatic heterocycles. The maximum atomic E-state index is 11.2. The van der Waals surface area contributed by atoms with E-state index in [1.54, 1.807) is 6.92 Å². The van der Waals surface area contributed by atoms with Crippen LogP contribution in [0.2, 0.25) is 0 Å². The highest BCUT2D eigenvalue weighted by molar-refractivity contribution is 9.10. The normalized spacial score (nSPS) is 12.2. The second-order valence-corrected chi connectivity index (χ2v) is 4.34. The van der Waals surface area contributed by atoms with Gasteiger partial charge in [-0.05, 0) is 26.0 Å². The van der Waals surface area contributed by atoms with Crippen LogP contribution in [0, 0.1) is 6.92 Å². The van der Waals surface area contributed by atoms with Gasteiger partial charge in [0.15, 0.2) is 0 Å². The number of anilines is 1. The molecule has 0 heterocycles. The second-order valence-electron chi connectivity index (χ2n) is 2.97. The van der Waals surface area contributed by atoms with E-state index >= 15 is 0 Å². The smallest absolute Gasteiger partial charge is 0.237 e. The van der Waals surface area contributed by atoms with Gasteiger partial charge >= 0.3 is 0 Å². The number of rotatable bonds is 2. The maximum absolute atomic E-state index is 11.2. The highest BCUT2D eigenvalue weighted by Gasteiger charge is 2.07. The van der Waals surface area contributed by atoms with E-state index in [4.69, 9.17) is 0 Å². The zero-order valence-electron chi connectivity index (χ0n) is 7.67. The molecule has 0 bridgehead atoms. The predicted molar refractivity (Wildman–Crippen MR) is 58.2 cm³/mol. The lowest BCUT2D eigenvalue weighted by atomic mass is 10.2. The van der Waals surface area contributed by atoms with E-state index in [9.17, 15) is 4.79 Å². The number of hydrogen-bond acceptors (Lipinski definition) is 1. The van der Waals surface area contributed by atoms with Gasteiger partial charge in [0.1, 0.15) is 0 Å². The van der Waals surface area contributed by atoms with Crippen molar-refractivity contribution in [1.82, 2.24) is 0 Å². The van der Waals surface area contributed by atoms with E-state index in [0.29, 0.717) is 0 Å². The zero-order valence-corrected chi connectivity index (χ0v) is 9.26. The molecule has 2 nitrogen and oxygen atoms in total. The number of carbonyl (C=O) groups excluding carboxylic acids is 1. The fraction of sp³-hybridized carbons (Fsp3) is 0.300. The van der Waals surface area contributed by atoms with Gasteiger partial charge in [0.05, 0.1) is 4.83 Å². The number of carbonyl (C=O) groups is 1. The van der Waals surface area contributed by atoms with E-state index in [1.807, 2.05) is 31.2 Å².